The average molecular weight is 522 g/mol. The van der Waals surface area contributed by atoms with Crippen molar-refractivity contribution < 1.29 is 23.8 Å². The van der Waals surface area contributed by atoms with Gasteiger partial charge in [-0.2, -0.15) is 0 Å². The molecule has 0 unspecified atom stereocenters. The van der Waals surface area contributed by atoms with Gasteiger partial charge in [-0.3, -0.25) is 9.69 Å². The smallest absolute Gasteiger partial charge is 0.255 e. The van der Waals surface area contributed by atoms with Crippen LogP contribution >= 0.6 is 0 Å². The van der Waals surface area contributed by atoms with Gasteiger partial charge in [-0.15, -0.1) is 0 Å². The SMILES string of the molecule is COc1cnc(NC2CCC2)cc1C(=O)NC[C@H](O)CN1CCc2cc(OCc3ocnc3C)ccc2C1. The van der Waals surface area contributed by atoms with Gasteiger partial charge < -0.3 is 29.6 Å². The van der Waals surface area contributed by atoms with Crippen LogP contribution in [0.25, 0.3) is 0 Å². The fourth-order valence-corrected chi connectivity index (χ4v) is 4.74. The monoisotopic (exact) mass is 521 g/mol. The number of β-amino-alcohol motifs (C(OH)–C–C–N with tert-alkyl or cyclic N) is 1. The Morgan fingerprint density at radius 2 is 2.13 bits per heavy atom. The van der Waals surface area contributed by atoms with E-state index in [9.17, 15) is 9.90 Å². The van der Waals surface area contributed by atoms with Crippen LogP contribution in [-0.4, -0.2) is 64.8 Å². The zero-order valence-corrected chi connectivity index (χ0v) is 21.9. The molecule has 38 heavy (non-hydrogen) atoms. The number of methoxy groups -OCH3 is 1. The number of nitrogens with one attached hydrogen (secondary N) is 2. The van der Waals surface area contributed by atoms with E-state index >= 15 is 0 Å². The van der Waals surface area contributed by atoms with Crippen LogP contribution in [0.5, 0.6) is 11.5 Å². The summed E-state index contributed by atoms with van der Waals surface area (Å²) in [6.45, 7) is 4.40. The molecule has 2 aliphatic rings. The lowest BCUT2D eigenvalue weighted by Crippen LogP contribution is -2.42. The molecule has 10 nitrogen and oxygen atoms in total. The number of carbonyl (C=O) groups excluding carboxylic acids is 1. The zero-order valence-electron chi connectivity index (χ0n) is 21.9. The van der Waals surface area contributed by atoms with Crippen molar-refractivity contribution >= 4 is 11.7 Å². The largest absolute Gasteiger partial charge is 0.494 e. The number of ether oxygens (including phenoxy) is 2. The summed E-state index contributed by atoms with van der Waals surface area (Å²) < 4.78 is 16.6. The van der Waals surface area contributed by atoms with Crippen molar-refractivity contribution in [2.75, 3.05) is 32.1 Å². The maximum absolute atomic E-state index is 12.9. The van der Waals surface area contributed by atoms with E-state index in [4.69, 9.17) is 13.9 Å². The molecule has 202 valence electrons. The quantitative estimate of drug-likeness (QED) is 0.349. The molecule has 1 aliphatic carbocycles. The van der Waals surface area contributed by atoms with Crippen LogP contribution < -0.4 is 20.1 Å². The molecule has 3 heterocycles. The third-order valence-electron chi connectivity index (χ3n) is 7.24. The average Bonchev–Trinajstić information content (AvgIpc) is 3.32. The third kappa shape index (κ3) is 6.25. The number of hydrogen-bond donors (Lipinski definition) is 3. The number of aliphatic hydroxyl groups excluding tert-OH is 1. The highest BCUT2D eigenvalue weighted by Gasteiger charge is 2.22. The molecule has 10 heteroatoms. The van der Waals surface area contributed by atoms with Crippen LogP contribution in [0, 0.1) is 6.92 Å². The Morgan fingerprint density at radius 1 is 1.26 bits per heavy atom. The molecule has 2 aromatic heterocycles. The van der Waals surface area contributed by atoms with Crippen molar-refractivity contribution in [2.45, 2.75) is 57.9 Å². The van der Waals surface area contributed by atoms with E-state index in [1.807, 2.05) is 13.0 Å². The van der Waals surface area contributed by atoms with Gasteiger partial charge in [-0.25, -0.2) is 9.97 Å². The number of aromatic nitrogens is 2. The highest BCUT2D eigenvalue weighted by Crippen LogP contribution is 2.26. The molecule has 1 saturated carbocycles. The molecule has 3 N–H and O–H groups in total. The molecule has 0 bridgehead atoms. The van der Waals surface area contributed by atoms with Gasteiger partial charge in [0.15, 0.2) is 12.2 Å². The Hall–Kier alpha value is -3.63. The second-order valence-electron chi connectivity index (χ2n) is 9.97. The summed E-state index contributed by atoms with van der Waals surface area (Å²) in [6.07, 6.45) is 6.58. The molecule has 1 aromatic carbocycles. The number of aliphatic hydroxyl groups is 1. The Bertz CT molecular complexity index is 1260. The number of oxazole rings is 1. The third-order valence-corrected chi connectivity index (χ3v) is 7.24. The van der Waals surface area contributed by atoms with Crippen molar-refractivity contribution in [1.29, 1.82) is 0 Å². The van der Waals surface area contributed by atoms with Crippen molar-refractivity contribution in [2.24, 2.45) is 0 Å². The maximum Gasteiger partial charge on any atom is 0.255 e. The molecular weight excluding hydrogens is 486 g/mol. The number of fused-ring (bicyclic) bond motifs is 1. The van der Waals surface area contributed by atoms with Gasteiger partial charge in [-0.1, -0.05) is 6.07 Å². The number of hydrogen-bond acceptors (Lipinski definition) is 9. The molecular formula is C28H35N5O5. The first-order valence-electron chi connectivity index (χ1n) is 13.1. The summed E-state index contributed by atoms with van der Waals surface area (Å²) in [5.74, 6) is 2.30. The second kappa shape index (κ2) is 11.8. The molecule has 0 saturated heterocycles. The zero-order chi connectivity index (χ0) is 26.5. The standard InChI is InChI=1S/C28H35N5O5/c1-18-26(38-17-31-18)16-37-23-7-6-20-14-33(9-8-19(20)10-23)15-22(34)12-30-28(35)24-11-27(29-13-25(24)36-2)32-21-4-3-5-21/h6-7,10-11,13,17,21-22,34H,3-5,8-9,12,14-16H2,1-2H3,(H,29,32)(H,30,35)/t22-/m0/s1. The lowest BCUT2D eigenvalue weighted by molar-refractivity contribution is 0.0839. The fraction of sp³-hybridized carbons (Fsp3) is 0.464. The van der Waals surface area contributed by atoms with Gasteiger partial charge >= 0.3 is 0 Å². The van der Waals surface area contributed by atoms with Crippen molar-refractivity contribution in [1.82, 2.24) is 20.2 Å². The van der Waals surface area contributed by atoms with Gasteiger partial charge in [0.2, 0.25) is 0 Å². The van der Waals surface area contributed by atoms with Gasteiger partial charge in [0, 0.05) is 32.2 Å². The lowest BCUT2D eigenvalue weighted by Gasteiger charge is -2.30. The molecule has 1 fully saturated rings. The first-order chi connectivity index (χ1) is 18.5. The summed E-state index contributed by atoms with van der Waals surface area (Å²) in [5.41, 5.74) is 3.69. The summed E-state index contributed by atoms with van der Waals surface area (Å²) >= 11 is 0. The minimum atomic E-state index is -0.700. The summed E-state index contributed by atoms with van der Waals surface area (Å²) in [5, 5.41) is 16.9. The topological polar surface area (TPSA) is 122 Å². The highest BCUT2D eigenvalue weighted by atomic mass is 16.5. The summed E-state index contributed by atoms with van der Waals surface area (Å²) in [6, 6.07) is 8.23. The fourth-order valence-electron chi connectivity index (χ4n) is 4.74. The van der Waals surface area contributed by atoms with Crippen molar-refractivity contribution in [3.8, 4) is 11.5 Å². The number of rotatable bonds is 11. The van der Waals surface area contributed by atoms with E-state index in [-0.39, 0.29) is 12.5 Å². The summed E-state index contributed by atoms with van der Waals surface area (Å²) in [4.78, 5) is 23.5. The molecule has 1 atom stereocenters. The van der Waals surface area contributed by atoms with Crippen LogP contribution in [0.15, 0.2) is 41.3 Å². The van der Waals surface area contributed by atoms with Crippen molar-refractivity contribution in [3.05, 3.63) is 65.0 Å². The lowest BCUT2D eigenvalue weighted by atomic mass is 9.93. The number of amides is 1. The second-order valence-corrected chi connectivity index (χ2v) is 9.97. The number of pyridine rings is 1. The molecule has 0 radical (unpaired) electrons. The van der Waals surface area contributed by atoms with Gasteiger partial charge in [0.05, 0.1) is 30.7 Å². The molecule has 5 rings (SSSR count). The number of carbonyl (C=O) groups is 1. The van der Waals surface area contributed by atoms with Gasteiger partial charge in [0.1, 0.15) is 23.9 Å². The van der Waals surface area contributed by atoms with Gasteiger partial charge in [0.25, 0.3) is 5.91 Å². The first-order valence-corrected chi connectivity index (χ1v) is 13.1. The Balaban J connectivity index is 1.11. The van der Waals surface area contributed by atoms with Crippen LogP contribution in [0.3, 0.4) is 0 Å². The molecule has 1 aliphatic heterocycles. The Kier molecular flexibility index (Phi) is 8.09. The van der Waals surface area contributed by atoms with Crippen LogP contribution in [-0.2, 0) is 19.6 Å². The Morgan fingerprint density at radius 3 is 2.87 bits per heavy atom. The normalized spacial score (nSPS) is 16.3. The van der Waals surface area contributed by atoms with E-state index < -0.39 is 6.10 Å². The van der Waals surface area contributed by atoms with E-state index in [2.05, 4.69) is 37.6 Å². The van der Waals surface area contributed by atoms with Crippen LogP contribution in [0.4, 0.5) is 5.82 Å². The van der Waals surface area contributed by atoms with E-state index in [0.717, 1.165) is 49.6 Å². The molecule has 0 spiro atoms. The predicted molar refractivity (Wildman–Crippen MR) is 141 cm³/mol. The number of benzene rings is 1. The van der Waals surface area contributed by atoms with E-state index in [1.54, 1.807) is 12.3 Å². The summed E-state index contributed by atoms with van der Waals surface area (Å²) in [7, 11) is 1.52. The molecule has 3 aromatic rings. The minimum absolute atomic E-state index is 0.146. The van der Waals surface area contributed by atoms with E-state index in [0.29, 0.717) is 36.3 Å². The number of anilines is 1. The molecule has 1 amide bonds. The first kappa shape index (κ1) is 26.0. The van der Waals surface area contributed by atoms with Crippen LogP contribution in [0.1, 0.15) is 52.2 Å². The van der Waals surface area contributed by atoms with Crippen molar-refractivity contribution in [3.63, 3.8) is 0 Å². The number of aryl methyl sites for hydroxylation is 1. The van der Waals surface area contributed by atoms with Gasteiger partial charge in [-0.05, 0) is 61.9 Å². The predicted octanol–water partition coefficient (Wildman–Crippen LogP) is 3.08. The highest BCUT2D eigenvalue weighted by molar-refractivity contribution is 5.97. The number of nitrogens with zero attached hydrogens (tertiary/aromatic N) is 3. The maximum atomic E-state index is 12.9. The van der Waals surface area contributed by atoms with Crippen LogP contribution in [0.2, 0.25) is 0 Å². The van der Waals surface area contributed by atoms with E-state index in [1.165, 1.54) is 31.1 Å². The minimum Gasteiger partial charge on any atom is -0.494 e. The Labute approximate surface area is 222 Å².